The number of benzene rings is 3. The zero-order chi connectivity index (χ0) is 20.4. The molecule has 0 aliphatic carbocycles. The summed E-state index contributed by atoms with van der Waals surface area (Å²) in [5.74, 6) is -0.444. The molecule has 4 aromatic rings. The Balaban J connectivity index is 1.76. The molecule has 0 saturated heterocycles. The summed E-state index contributed by atoms with van der Waals surface area (Å²) in [6.07, 6.45) is -0.219. The topological polar surface area (TPSA) is 79.4 Å². The summed E-state index contributed by atoms with van der Waals surface area (Å²) in [5, 5.41) is 10.1. The van der Waals surface area contributed by atoms with Crippen LogP contribution < -0.4 is 4.74 Å². The number of carboxylic acid groups (broad SMARTS) is 1. The molecule has 5 nitrogen and oxygen atoms in total. The van der Waals surface area contributed by atoms with Crippen LogP contribution in [0.1, 0.15) is 21.6 Å². The van der Waals surface area contributed by atoms with Crippen molar-refractivity contribution in [3.63, 3.8) is 0 Å². The third-order valence-electron chi connectivity index (χ3n) is 4.92. The van der Waals surface area contributed by atoms with E-state index in [0.717, 1.165) is 27.8 Å². The molecule has 0 bridgehead atoms. The number of carboxylic acids is 1. The minimum atomic E-state index is -0.976. The fourth-order valence-corrected chi connectivity index (χ4v) is 3.50. The number of methoxy groups -OCH3 is 1. The zero-order valence-corrected chi connectivity index (χ0v) is 15.8. The van der Waals surface area contributed by atoms with Crippen LogP contribution in [0.3, 0.4) is 0 Å². The van der Waals surface area contributed by atoms with Gasteiger partial charge >= 0.3 is 5.97 Å². The smallest absolute Gasteiger partial charge is 0.307 e. The van der Waals surface area contributed by atoms with Gasteiger partial charge in [-0.25, -0.2) is 0 Å². The van der Waals surface area contributed by atoms with E-state index >= 15 is 0 Å². The second-order valence-corrected chi connectivity index (χ2v) is 6.73. The van der Waals surface area contributed by atoms with Gasteiger partial charge < -0.3 is 14.8 Å². The number of aliphatic carboxylic acids is 1. The highest BCUT2D eigenvalue weighted by molar-refractivity contribution is 6.12. The first-order valence-electron chi connectivity index (χ1n) is 9.17. The molecule has 4 rings (SSSR count). The maximum Gasteiger partial charge on any atom is 0.307 e. The third kappa shape index (κ3) is 3.62. The van der Waals surface area contributed by atoms with Gasteiger partial charge in [-0.2, -0.15) is 0 Å². The Morgan fingerprint density at radius 1 is 0.931 bits per heavy atom. The number of para-hydroxylation sites is 1. The molecular weight excluding hydrogens is 366 g/mol. The molecule has 144 valence electrons. The molecule has 29 heavy (non-hydrogen) atoms. The van der Waals surface area contributed by atoms with E-state index in [0.29, 0.717) is 16.8 Å². The molecule has 0 aliphatic rings. The van der Waals surface area contributed by atoms with Crippen LogP contribution >= 0.6 is 0 Å². The van der Waals surface area contributed by atoms with E-state index in [4.69, 9.17) is 4.74 Å². The first-order valence-corrected chi connectivity index (χ1v) is 9.17. The maximum absolute atomic E-state index is 13.3. The number of ketones is 1. The van der Waals surface area contributed by atoms with Gasteiger partial charge in [0, 0.05) is 22.0 Å². The molecule has 0 amide bonds. The lowest BCUT2D eigenvalue weighted by Crippen LogP contribution is -2.09. The van der Waals surface area contributed by atoms with Gasteiger partial charge in [0.2, 0.25) is 5.78 Å². The SMILES string of the molecule is COc1ccc(-c2cccc(C(=O)c3[nH]c4ccccc4c3CC(=O)O)c2)cc1. The van der Waals surface area contributed by atoms with Crippen molar-refractivity contribution in [3.05, 3.63) is 89.6 Å². The fraction of sp³-hybridized carbons (Fsp3) is 0.0833. The molecule has 1 heterocycles. The number of H-pyrrole nitrogens is 1. The molecule has 2 N–H and O–H groups in total. The predicted molar refractivity (Wildman–Crippen MR) is 112 cm³/mol. The standard InChI is InChI=1S/C24H19NO4/c1-29-18-11-9-15(10-12-18)16-5-4-6-17(13-16)24(28)23-20(14-22(26)27)19-7-2-3-8-21(19)25-23/h2-13,25H,14H2,1H3,(H,26,27). The zero-order valence-electron chi connectivity index (χ0n) is 15.8. The summed E-state index contributed by atoms with van der Waals surface area (Å²) >= 11 is 0. The van der Waals surface area contributed by atoms with Crippen LogP contribution in [0.25, 0.3) is 22.0 Å². The number of nitrogens with one attached hydrogen (secondary N) is 1. The average Bonchev–Trinajstić information content (AvgIpc) is 3.11. The van der Waals surface area contributed by atoms with Gasteiger partial charge in [0.1, 0.15) is 5.75 Å². The summed E-state index contributed by atoms with van der Waals surface area (Å²) < 4.78 is 5.19. The van der Waals surface area contributed by atoms with E-state index in [2.05, 4.69) is 4.98 Å². The number of hydrogen-bond acceptors (Lipinski definition) is 3. The Hall–Kier alpha value is -3.86. The molecule has 5 heteroatoms. The van der Waals surface area contributed by atoms with Crippen LogP contribution in [0.2, 0.25) is 0 Å². The van der Waals surface area contributed by atoms with Crippen molar-refractivity contribution in [2.75, 3.05) is 7.11 Å². The van der Waals surface area contributed by atoms with E-state index in [9.17, 15) is 14.7 Å². The lowest BCUT2D eigenvalue weighted by molar-refractivity contribution is -0.136. The summed E-state index contributed by atoms with van der Waals surface area (Å²) in [6.45, 7) is 0. The molecule has 0 aliphatic heterocycles. The molecule has 0 saturated carbocycles. The number of aromatic amines is 1. The van der Waals surface area contributed by atoms with Gasteiger partial charge in [-0.15, -0.1) is 0 Å². The normalized spacial score (nSPS) is 10.8. The number of aromatic nitrogens is 1. The quantitative estimate of drug-likeness (QED) is 0.472. The first kappa shape index (κ1) is 18.5. The highest BCUT2D eigenvalue weighted by Crippen LogP contribution is 2.27. The highest BCUT2D eigenvalue weighted by atomic mass is 16.5. The van der Waals surface area contributed by atoms with Gasteiger partial charge in [0.15, 0.2) is 0 Å². The monoisotopic (exact) mass is 385 g/mol. The van der Waals surface area contributed by atoms with Crippen molar-refractivity contribution in [3.8, 4) is 16.9 Å². The number of fused-ring (bicyclic) bond motifs is 1. The molecular formula is C24H19NO4. The van der Waals surface area contributed by atoms with Crippen LogP contribution in [0.4, 0.5) is 0 Å². The average molecular weight is 385 g/mol. The number of rotatable bonds is 6. The van der Waals surface area contributed by atoms with Gasteiger partial charge in [0.05, 0.1) is 19.2 Å². The van der Waals surface area contributed by atoms with E-state index in [-0.39, 0.29) is 12.2 Å². The van der Waals surface area contributed by atoms with Crippen molar-refractivity contribution < 1.29 is 19.4 Å². The summed E-state index contributed by atoms with van der Waals surface area (Å²) in [4.78, 5) is 27.7. The Morgan fingerprint density at radius 3 is 2.41 bits per heavy atom. The largest absolute Gasteiger partial charge is 0.497 e. The summed E-state index contributed by atoms with van der Waals surface area (Å²) in [6, 6.07) is 22.3. The Kier molecular flexibility index (Phi) is 4.87. The van der Waals surface area contributed by atoms with Gasteiger partial charge in [-0.05, 0) is 35.4 Å². The van der Waals surface area contributed by atoms with E-state index in [1.54, 1.807) is 13.2 Å². The van der Waals surface area contributed by atoms with E-state index in [1.807, 2.05) is 66.7 Å². The number of carbonyl (C=O) groups excluding carboxylic acids is 1. The number of carbonyl (C=O) groups is 2. The summed E-state index contributed by atoms with van der Waals surface area (Å²) in [5.41, 5.74) is 3.93. The second kappa shape index (κ2) is 7.64. The van der Waals surface area contributed by atoms with E-state index in [1.165, 1.54) is 0 Å². The summed E-state index contributed by atoms with van der Waals surface area (Å²) in [7, 11) is 1.61. The molecule has 0 unspecified atom stereocenters. The van der Waals surface area contributed by atoms with Gasteiger partial charge in [-0.1, -0.05) is 48.5 Å². The number of ether oxygens (including phenoxy) is 1. The molecule has 3 aromatic carbocycles. The first-order chi connectivity index (χ1) is 14.1. The van der Waals surface area contributed by atoms with Crippen molar-refractivity contribution in [2.45, 2.75) is 6.42 Å². The number of hydrogen-bond donors (Lipinski definition) is 2. The van der Waals surface area contributed by atoms with Crippen molar-refractivity contribution in [1.29, 1.82) is 0 Å². The maximum atomic E-state index is 13.3. The minimum absolute atomic E-state index is 0.219. The Bertz CT molecular complexity index is 1210. The van der Waals surface area contributed by atoms with Crippen molar-refractivity contribution >= 4 is 22.7 Å². The molecule has 0 radical (unpaired) electrons. The lowest BCUT2D eigenvalue weighted by Gasteiger charge is -2.07. The fourth-order valence-electron chi connectivity index (χ4n) is 3.50. The van der Waals surface area contributed by atoms with Crippen molar-refractivity contribution in [1.82, 2.24) is 4.98 Å². The Morgan fingerprint density at radius 2 is 1.69 bits per heavy atom. The molecule has 0 spiro atoms. The highest BCUT2D eigenvalue weighted by Gasteiger charge is 2.21. The van der Waals surface area contributed by atoms with Gasteiger partial charge in [0.25, 0.3) is 0 Å². The second-order valence-electron chi connectivity index (χ2n) is 6.73. The molecule has 0 fully saturated rings. The van der Waals surface area contributed by atoms with Crippen LogP contribution in [0, 0.1) is 0 Å². The van der Waals surface area contributed by atoms with Crippen molar-refractivity contribution in [2.24, 2.45) is 0 Å². The molecule has 0 atom stereocenters. The molecule has 1 aromatic heterocycles. The van der Waals surface area contributed by atoms with Crippen LogP contribution in [0.5, 0.6) is 5.75 Å². The van der Waals surface area contributed by atoms with E-state index < -0.39 is 5.97 Å². The minimum Gasteiger partial charge on any atom is -0.497 e. The van der Waals surface area contributed by atoms with Crippen LogP contribution in [-0.2, 0) is 11.2 Å². The third-order valence-corrected chi connectivity index (χ3v) is 4.92. The van der Waals surface area contributed by atoms with Gasteiger partial charge in [-0.3, -0.25) is 9.59 Å². The Labute approximate surface area is 167 Å². The van der Waals surface area contributed by atoms with Crippen LogP contribution in [-0.4, -0.2) is 29.0 Å². The predicted octanol–water partition coefficient (Wildman–Crippen LogP) is 4.70. The lowest BCUT2D eigenvalue weighted by atomic mass is 9.97. The van der Waals surface area contributed by atoms with Crippen LogP contribution in [0.15, 0.2) is 72.8 Å².